The Morgan fingerprint density at radius 3 is 2.14 bits per heavy atom. The average molecular weight is 102 g/mol. The molecule has 0 aromatic rings. The van der Waals surface area contributed by atoms with Crippen LogP contribution in [0.15, 0.2) is 0 Å². The molecule has 0 aliphatic heterocycles. The van der Waals surface area contributed by atoms with Gasteiger partial charge in [-0.05, 0) is 0 Å². The minimum atomic E-state index is -0.417. The van der Waals surface area contributed by atoms with Crippen LogP contribution in [0.2, 0.25) is 0 Å². The summed E-state index contributed by atoms with van der Waals surface area (Å²) in [6.45, 7) is 0. The van der Waals surface area contributed by atoms with Crippen LogP contribution in [0.5, 0.6) is 0 Å². The van der Waals surface area contributed by atoms with E-state index in [1.807, 2.05) is 0 Å². The van der Waals surface area contributed by atoms with Gasteiger partial charge < -0.3 is 4.90 Å². The number of amides is 2. The first-order chi connectivity index (χ1) is 3.18. The number of hydrogen-bond donors (Lipinski definition) is 1. The van der Waals surface area contributed by atoms with E-state index in [1.54, 1.807) is 14.1 Å². The zero-order valence-electron chi connectivity index (χ0n) is 4.38. The second-order valence-electron chi connectivity index (χ2n) is 1.31. The molecule has 2 amide bonds. The summed E-state index contributed by atoms with van der Waals surface area (Å²) in [6.07, 6.45) is 0. The van der Waals surface area contributed by atoms with Gasteiger partial charge in [-0.2, -0.15) is 0 Å². The van der Waals surface area contributed by atoms with Gasteiger partial charge >= 0.3 is 6.03 Å². The predicted octanol–water partition coefficient (Wildman–Crippen LogP) is -0.854. The molecule has 0 aromatic heterocycles. The van der Waals surface area contributed by atoms with Gasteiger partial charge in [-0.1, -0.05) is 0 Å². The Morgan fingerprint density at radius 1 is 1.71 bits per heavy atom. The summed E-state index contributed by atoms with van der Waals surface area (Å²) in [5.74, 6) is 4.61. The average Bonchev–Trinajstić information content (AvgIpc) is 1.65. The van der Waals surface area contributed by atoms with Gasteiger partial charge in [-0.3, -0.25) is 0 Å². The van der Waals surface area contributed by atoms with E-state index in [9.17, 15) is 4.79 Å². The maximum absolute atomic E-state index is 10.1. The van der Waals surface area contributed by atoms with E-state index in [-0.39, 0.29) is 0 Å². The summed E-state index contributed by atoms with van der Waals surface area (Å²) < 4.78 is 0. The minimum Gasteiger partial charge on any atom is -0.328 e. The molecule has 7 heavy (non-hydrogen) atoms. The van der Waals surface area contributed by atoms with E-state index in [1.165, 1.54) is 4.90 Å². The van der Waals surface area contributed by atoms with Crippen LogP contribution in [-0.4, -0.2) is 25.0 Å². The van der Waals surface area contributed by atoms with Crippen molar-refractivity contribution in [3.8, 4) is 0 Å². The summed E-state index contributed by atoms with van der Waals surface area (Å²) in [5.41, 5.74) is 2.88. The molecule has 0 spiro atoms. The number of urea groups is 1. The number of carbonyl (C=O) groups is 1. The van der Waals surface area contributed by atoms with Crippen molar-refractivity contribution in [1.29, 1.82) is 0 Å². The largest absolute Gasteiger partial charge is 0.354 e. The molecule has 0 saturated heterocycles. The lowest BCUT2D eigenvalue weighted by Crippen LogP contribution is -2.32. The molecule has 0 unspecified atom stereocenters. The summed E-state index contributed by atoms with van der Waals surface area (Å²) in [7, 11) is 3.16. The van der Waals surface area contributed by atoms with Gasteiger partial charge in [0.2, 0.25) is 0 Å². The highest BCUT2D eigenvalue weighted by Gasteiger charge is 1.97. The molecule has 0 atom stereocenters. The Bertz CT molecular complexity index is 70.6. The SMILES string of the molecule is CN(C)C(=O)[N]N. The Morgan fingerprint density at radius 2 is 2.14 bits per heavy atom. The third kappa shape index (κ3) is 1.99. The molecule has 0 fully saturated rings. The fourth-order valence-corrected chi connectivity index (χ4v) is 0.115. The van der Waals surface area contributed by atoms with E-state index < -0.39 is 6.03 Å². The number of rotatable bonds is 0. The van der Waals surface area contributed by atoms with Crippen LogP contribution in [0.4, 0.5) is 4.79 Å². The summed E-state index contributed by atoms with van der Waals surface area (Å²) in [5, 5.41) is 0. The van der Waals surface area contributed by atoms with Crippen molar-refractivity contribution in [1.82, 2.24) is 10.3 Å². The molecule has 4 nitrogen and oxygen atoms in total. The van der Waals surface area contributed by atoms with E-state index in [4.69, 9.17) is 0 Å². The molecule has 41 valence electrons. The Labute approximate surface area is 42.3 Å². The highest BCUT2D eigenvalue weighted by molar-refractivity contribution is 5.72. The number of nitrogens with two attached hydrogens (primary N) is 1. The van der Waals surface area contributed by atoms with Gasteiger partial charge in [0, 0.05) is 14.1 Å². The van der Waals surface area contributed by atoms with Gasteiger partial charge in [0.25, 0.3) is 0 Å². The van der Waals surface area contributed by atoms with Crippen molar-refractivity contribution in [3.63, 3.8) is 0 Å². The molecule has 0 rings (SSSR count). The van der Waals surface area contributed by atoms with Crippen molar-refractivity contribution in [2.45, 2.75) is 0 Å². The zero-order chi connectivity index (χ0) is 5.86. The topological polar surface area (TPSA) is 60.4 Å². The predicted molar refractivity (Wildman–Crippen MR) is 25.4 cm³/mol. The van der Waals surface area contributed by atoms with Crippen molar-refractivity contribution >= 4 is 6.03 Å². The second-order valence-corrected chi connectivity index (χ2v) is 1.31. The van der Waals surface area contributed by atoms with Crippen LogP contribution in [0.25, 0.3) is 0 Å². The van der Waals surface area contributed by atoms with Crippen molar-refractivity contribution < 1.29 is 4.79 Å². The maximum Gasteiger partial charge on any atom is 0.354 e. The monoisotopic (exact) mass is 102 g/mol. The standard InChI is InChI=1S/C3H8N3O/c1-6(2)3(7)5-4/h4H2,1-2H3. The quantitative estimate of drug-likeness (QED) is 0.246. The number of nitrogens with zero attached hydrogens (tertiary/aromatic N) is 2. The second kappa shape index (κ2) is 2.41. The van der Waals surface area contributed by atoms with E-state index >= 15 is 0 Å². The molecule has 0 aromatic carbocycles. The maximum atomic E-state index is 10.1. The Kier molecular flexibility index (Phi) is 2.15. The lowest BCUT2D eigenvalue weighted by molar-refractivity contribution is 0.217. The molecule has 2 N–H and O–H groups in total. The Balaban J connectivity index is 3.35. The minimum absolute atomic E-state index is 0.417. The number of carbonyl (C=O) groups excluding carboxylic acids is 1. The van der Waals surface area contributed by atoms with E-state index in [0.29, 0.717) is 0 Å². The van der Waals surface area contributed by atoms with Gasteiger partial charge in [0.1, 0.15) is 0 Å². The fourth-order valence-electron chi connectivity index (χ4n) is 0.115. The first-order valence-corrected chi connectivity index (χ1v) is 1.80. The summed E-state index contributed by atoms with van der Waals surface area (Å²) in [4.78, 5) is 11.4. The molecule has 0 heterocycles. The van der Waals surface area contributed by atoms with Crippen molar-refractivity contribution in [2.75, 3.05) is 14.1 Å². The summed E-state index contributed by atoms with van der Waals surface area (Å²) >= 11 is 0. The fraction of sp³-hybridized carbons (Fsp3) is 0.667. The normalized spacial score (nSPS) is 7.86. The van der Waals surface area contributed by atoms with E-state index in [0.717, 1.165) is 0 Å². The molecule has 4 heteroatoms. The van der Waals surface area contributed by atoms with Gasteiger partial charge in [0.15, 0.2) is 0 Å². The van der Waals surface area contributed by atoms with Gasteiger partial charge in [-0.15, -0.1) is 5.43 Å². The Hall–Kier alpha value is -0.770. The first kappa shape index (κ1) is 6.23. The zero-order valence-corrected chi connectivity index (χ0v) is 4.38. The van der Waals surface area contributed by atoms with Crippen molar-refractivity contribution in [2.24, 2.45) is 5.84 Å². The van der Waals surface area contributed by atoms with Crippen LogP contribution in [0.3, 0.4) is 0 Å². The lowest BCUT2D eigenvalue weighted by Gasteiger charge is -2.04. The molecule has 1 radical (unpaired) electrons. The summed E-state index contributed by atoms with van der Waals surface area (Å²) in [6, 6.07) is -0.417. The number of hydrogen-bond acceptors (Lipinski definition) is 2. The van der Waals surface area contributed by atoms with Crippen molar-refractivity contribution in [3.05, 3.63) is 0 Å². The molecule has 0 aliphatic rings. The highest BCUT2D eigenvalue weighted by Crippen LogP contribution is 1.71. The van der Waals surface area contributed by atoms with Crippen LogP contribution >= 0.6 is 0 Å². The van der Waals surface area contributed by atoms with Gasteiger partial charge in [0.05, 0.1) is 0 Å². The third-order valence-electron chi connectivity index (χ3n) is 0.493. The molecular formula is C3H8N3O. The van der Waals surface area contributed by atoms with Gasteiger partial charge in [-0.25, -0.2) is 10.6 Å². The van der Waals surface area contributed by atoms with Crippen LogP contribution in [0.1, 0.15) is 0 Å². The molecule has 0 saturated carbocycles. The van der Waals surface area contributed by atoms with E-state index in [2.05, 4.69) is 11.3 Å². The van der Waals surface area contributed by atoms with Crippen LogP contribution in [0, 0.1) is 0 Å². The highest BCUT2D eigenvalue weighted by atomic mass is 16.2. The molecule has 0 aliphatic carbocycles. The van der Waals surface area contributed by atoms with Crippen LogP contribution in [-0.2, 0) is 0 Å². The first-order valence-electron chi connectivity index (χ1n) is 1.80. The lowest BCUT2D eigenvalue weighted by atomic mass is 10.9. The molecular weight excluding hydrogens is 94.1 g/mol. The van der Waals surface area contributed by atoms with Crippen LogP contribution < -0.4 is 11.3 Å². The molecule has 0 bridgehead atoms. The third-order valence-corrected chi connectivity index (χ3v) is 0.493. The smallest absolute Gasteiger partial charge is 0.328 e.